The van der Waals surface area contributed by atoms with E-state index in [0.717, 1.165) is 0 Å². The fourth-order valence-corrected chi connectivity index (χ4v) is 2.58. The molecule has 0 aliphatic carbocycles. The Morgan fingerprint density at radius 2 is 2.13 bits per heavy atom. The number of nitrogens with one attached hydrogen (secondary N) is 2. The van der Waals surface area contributed by atoms with Gasteiger partial charge >= 0.3 is 6.18 Å². The summed E-state index contributed by atoms with van der Waals surface area (Å²) in [7, 11) is 0. The minimum Gasteiger partial charge on any atom is -0.354 e. The average molecular weight is 330 g/mol. The lowest BCUT2D eigenvalue weighted by Gasteiger charge is -2.36. The molecule has 2 N–H and O–H groups in total. The van der Waals surface area contributed by atoms with E-state index >= 15 is 0 Å². The van der Waals surface area contributed by atoms with Gasteiger partial charge in [-0.15, -0.1) is 0 Å². The van der Waals surface area contributed by atoms with Gasteiger partial charge < -0.3 is 10.6 Å². The van der Waals surface area contributed by atoms with Crippen LogP contribution in [0.15, 0.2) is 24.5 Å². The second-order valence-corrected chi connectivity index (χ2v) is 5.60. The summed E-state index contributed by atoms with van der Waals surface area (Å²) in [4.78, 5) is 17.4. The van der Waals surface area contributed by atoms with Gasteiger partial charge in [0.05, 0.1) is 5.92 Å². The van der Waals surface area contributed by atoms with Crippen LogP contribution in [-0.2, 0) is 4.79 Å². The lowest BCUT2D eigenvalue weighted by atomic mass is 10.0. The van der Waals surface area contributed by atoms with E-state index in [1.807, 2.05) is 0 Å². The fraction of sp³-hybridized carbons (Fsp3) is 0.600. The highest BCUT2D eigenvalue weighted by Gasteiger charge is 2.43. The van der Waals surface area contributed by atoms with Crippen LogP contribution in [0.1, 0.15) is 18.4 Å². The van der Waals surface area contributed by atoms with Gasteiger partial charge in [0.25, 0.3) is 0 Å². The molecule has 1 saturated heterocycles. The number of hydrogen-bond donors (Lipinski definition) is 2. The van der Waals surface area contributed by atoms with Crippen LogP contribution in [-0.4, -0.2) is 60.7 Å². The van der Waals surface area contributed by atoms with Crippen LogP contribution < -0.4 is 10.6 Å². The van der Waals surface area contributed by atoms with Crippen molar-refractivity contribution in [1.29, 1.82) is 0 Å². The standard InChI is InChI=1S/C15H21F3N4O/c1-11(12-3-2-4-20-9-12)14(23)21-10-13(15(16,17)18)22-7-5-19-6-8-22/h2-4,9,11,13,19H,5-8,10H2,1H3,(H,21,23). The van der Waals surface area contributed by atoms with Gasteiger partial charge in [0.1, 0.15) is 6.04 Å². The highest BCUT2D eigenvalue weighted by molar-refractivity contribution is 5.83. The predicted molar refractivity (Wildman–Crippen MR) is 79.9 cm³/mol. The number of amides is 1. The molecule has 1 fully saturated rings. The van der Waals surface area contributed by atoms with Crippen molar-refractivity contribution in [2.24, 2.45) is 0 Å². The van der Waals surface area contributed by atoms with E-state index in [2.05, 4.69) is 15.6 Å². The van der Waals surface area contributed by atoms with Gasteiger partial charge in [-0.2, -0.15) is 13.2 Å². The van der Waals surface area contributed by atoms with Gasteiger partial charge in [0.15, 0.2) is 0 Å². The van der Waals surface area contributed by atoms with Crippen LogP contribution >= 0.6 is 0 Å². The van der Waals surface area contributed by atoms with E-state index in [0.29, 0.717) is 31.7 Å². The molecule has 5 nitrogen and oxygen atoms in total. The Morgan fingerprint density at radius 1 is 1.43 bits per heavy atom. The lowest BCUT2D eigenvalue weighted by Crippen LogP contribution is -2.57. The second kappa shape index (κ2) is 7.74. The van der Waals surface area contributed by atoms with Gasteiger partial charge in [-0.3, -0.25) is 14.7 Å². The largest absolute Gasteiger partial charge is 0.405 e. The van der Waals surface area contributed by atoms with Crippen molar-refractivity contribution < 1.29 is 18.0 Å². The first-order valence-corrected chi connectivity index (χ1v) is 7.58. The van der Waals surface area contributed by atoms with Gasteiger partial charge in [-0.05, 0) is 18.6 Å². The van der Waals surface area contributed by atoms with Crippen molar-refractivity contribution in [1.82, 2.24) is 20.5 Å². The maximum Gasteiger partial charge on any atom is 0.405 e. The molecule has 2 heterocycles. The average Bonchev–Trinajstić information content (AvgIpc) is 2.54. The molecule has 128 valence electrons. The molecule has 8 heteroatoms. The molecule has 0 spiro atoms. The second-order valence-electron chi connectivity index (χ2n) is 5.60. The summed E-state index contributed by atoms with van der Waals surface area (Å²) in [6.07, 6.45) is -1.25. The summed E-state index contributed by atoms with van der Waals surface area (Å²) in [6, 6.07) is 1.77. The van der Waals surface area contributed by atoms with Crippen LogP contribution in [0.25, 0.3) is 0 Å². The summed E-state index contributed by atoms with van der Waals surface area (Å²) in [5.74, 6) is -0.969. The van der Waals surface area contributed by atoms with Crippen LogP contribution in [0.3, 0.4) is 0 Å². The molecule has 0 bridgehead atoms. The first-order valence-electron chi connectivity index (χ1n) is 7.58. The number of piperazine rings is 1. The molecule has 2 unspecified atom stereocenters. The smallest absolute Gasteiger partial charge is 0.354 e. The van der Waals surface area contributed by atoms with E-state index in [4.69, 9.17) is 0 Å². The van der Waals surface area contributed by atoms with E-state index in [1.165, 1.54) is 4.90 Å². The van der Waals surface area contributed by atoms with Gasteiger partial charge in [0, 0.05) is 45.1 Å². The van der Waals surface area contributed by atoms with Gasteiger partial charge in [-0.1, -0.05) is 6.07 Å². The first kappa shape index (κ1) is 17.7. The molecule has 0 radical (unpaired) electrons. The van der Waals surface area contributed by atoms with Crippen LogP contribution in [0.5, 0.6) is 0 Å². The highest BCUT2D eigenvalue weighted by Crippen LogP contribution is 2.25. The zero-order chi connectivity index (χ0) is 16.9. The van der Waals surface area contributed by atoms with E-state index in [1.54, 1.807) is 31.5 Å². The Bertz CT molecular complexity index is 503. The third kappa shape index (κ3) is 4.90. The van der Waals surface area contributed by atoms with Crippen LogP contribution in [0.2, 0.25) is 0 Å². The predicted octanol–water partition coefficient (Wildman–Crippen LogP) is 1.14. The van der Waals surface area contributed by atoms with Crippen LogP contribution in [0, 0.1) is 0 Å². The Labute approximate surface area is 133 Å². The molecular weight excluding hydrogens is 309 g/mol. The summed E-state index contributed by atoms with van der Waals surface area (Å²) < 4.78 is 39.8. The Balaban J connectivity index is 1.96. The Kier molecular flexibility index (Phi) is 5.95. The number of halogens is 3. The van der Waals surface area contributed by atoms with Crippen molar-refractivity contribution in [2.45, 2.75) is 25.1 Å². The zero-order valence-corrected chi connectivity index (χ0v) is 12.9. The van der Waals surface area contributed by atoms with Crippen LogP contribution in [0.4, 0.5) is 13.2 Å². The molecule has 1 aromatic heterocycles. The number of carbonyl (C=O) groups excluding carboxylic acids is 1. The molecule has 1 aliphatic heterocycles. The molecule has 1 aliphatic rings. The third-order valence-electron chi connectivity index (χ3n) is 4.02. The SMILES string of the molecule is CC(C(=O)NCC(N1CCNCC1)C(F)(F)F)c1cccnc1. The van der Waals surface area contributed by atoms with E-state index in [9.17, 15) is 18.0 Å². The number of alkyl halides is 3. The molecule has 23 heavy (non-hydrogen) atoms. The number of nitrogens with zero attached hydrogens (tertiary/aromatic N) is 2. The van der Waals surface area contributed by atoms with Gasteiger partial charge in [0.2, 0.25) is 5.91 Å². The van der Waals surface area contributed by atoms with E-state index in [-0.39, 0.29) is 0 Å². The lowest BCUT2D eigenvalue weighted by molar-refractivity contribution is -0.184. The topological polar surface area (TPSA) is 57.3 Å². The Hall–Kier alpha value is -1.67. The summed E-state index contributed by atoms with van der Waals surface area (Å²) in [5.41, 5.74) is 0.677. The monoisotopic (exact) mass is 330 g/mol. The fourth-order valence-electron chi connectivity index (χ4n) is 2.58. The highest BCUT2D eigenvalue weighted by atomic mass is 19.4. The van der Waals surface area contributed by atoms with Crippen molar-refractivity contribution in [3.63, 3.8) is 0 Å². The zero-order valence-electron chi connectivity index (χ0n) is 12.9. The molecule has 0 aromatic carbocycles. The number of pyridine rings is 1. The first-order chi connectivity index (χ1) is 10.9. The van der Waals surface area contributed by atoms with Crippen molar-refractivity contribution in [2.75, 3.05) is 32.7 Å². The molecule has 0 saturated carbocycles. The molecule has 1 aromatic rings. The van der Waals surface area contributed by atoms with Crippen molar-refractivity contribution in [3.8, 4) is 0 Å². The molecule has 1 amide bonds. The number of carbonyl (C=O) groups is 1. The third-order valence-corrected chi connectivity index (χ3v) is 4.02. The number of rotatable bonds is 5. The summed E-state index contributed by atoms with van der Waals surface area (Å²) in [6.45, 7) is 2.89. The van der Waals surface area contributed by atoms with Gasteiger partial charge in [-0.25, -0.2) is 0 Å². The molecule has 2 atom stereocenters. The summed E-state index contributed by atoms with van der Waals surface area (Å²) in [5, 5.41) is 5.46. The number of aromatic nitrogens is 1. The van der Waals surface area contributed by atoms with E-state index < -0.39 is 30.6 Å². The number of hydrogen-bond acceptors (Lipinski definition) is 4. The molecule has 2 rings (SSSR count). The van der Waals surface area contributed by atoms with Crippen molar-refractivity contribution >= 4 is 5.91 Å². The maximum atomic E-state index is 13.3. The van der Waals surface area contributed by atoms with Crippen molar-refractivity contribution in [3.05, 3.63) is 30.1 Å². The molecular formula is C15H21F3N4O. The Morgan fingerprint density at radius 3 is 2.70 bits per heavy atom. The normalized spacial score (nSPS) is 19.1. The minimum atomic E-state index is -4.37. The minimum absolute atomic E-state index is 0.318. The maximum absolute atomic E-state index is 13.3. The summed E-state index contributed by atoms with van der Waals surface area (Å²) >= 11 is 0. The quantitative estimate of drug-likeness (QED) is 0.850.